The Morgan fingerprint density at radius 3 is 2.88 bits per heavy atom. The third-order valence-electron chi connectivity index (χ3n) is 2.49. The Balaban J connectivity index is 2.37. The summed E-state index contributed by atoms with van der Waals surface area (Å²) in [5.41, 5.74) is 1.53. The number of imidazole rings is 1. The van der Waals surface area contributed by atoms with Crippen molar-refractivity contribution in [3.05, 3.63) is 47.7 Å². The van der Waals surface area contributed by atoms with E-state index in [-0.39, 0.29) is 5.82 Å². The minimum absolute atomic E-state index is 0.0454. The first-order valence-electron chi connectivity index (χ1n) is 5.01. The van der Waals surface area contributed by atoms with Crippen LogP contribution in [-0.2, 0) is 0 Å². The van der Waals surface area contributed by atoms with Crippen molar-refractivity contribution in [1.29, 1.82) is 0 Å². The van der Waals surface area contributed by atoms with Gasteiger partial charge in [-0.05, 0) is 23.6 Å². The molecular weight excluding hydrogens is 236 g/mol. The molecule has 0 aliphatic rings. The van der Waals surface area contributed by atoms with Crippen molar-refractivity contribution in [2.75, 3.05) is 0 Å². The van der Waals surface area contributed by atoms with Crippen LogP contribution in [0.3, 0.4) is 0 Å². The lowest BCUT2D eigenvalue weighted by atomic mass is 10.3. The van der Waals surface area contributed by atoms with Crippen molar-refractivity contribution in [1.82, 2.24) is 9.38 Å². The Kier molecular flexibility index (Phi) is 2.19. The van der Waals surface area contributed by atoms with E-state index in [0.717, 1.165) is 16.1 Å². The van der Waals surface area contributed by atoms with Gasteiger partial charge in [0.15, 0.2) is 0 Å². The van der Waals surface area contributed by atoms with Crippen molar-refractivity contribution in [2.45, 2.75) is 0 Å². The molecule has 0 aliphatic heterocycles. The van der Waals surface area contributed by atoms with Crippen molar-refractivity contribution >= 4 is 22.8 Å². The number of fused-ring (bicyclic) bond motifs is 1. The van der Waals surface area contributed by atoms with Gasteiger partial charge >= 0.3 is 5.97 Å². The van der Waals surface area contributed by atoms with Crippen LogP contribution in [0.25, 0.3) is 16.1 Å². The van der Waals surface area contributed by atoms with Crippen LogP contribution in [0.2, 0.25) is 0 Å². The average molecular weight is 244 g/mol. The first-order chi connectivity index (χ1) is 8.27. The largest absolute Gasteiger partial charge is 0.475 e. The van der Waals surface area contributed by atoms with E-state index in [0.29, 0.717) is 0 Å². The minimum Gasteiger partial charge on any atom is -0.475 e. The molecule has 0 spiro atoms. The van der Waals surface area contributed by atoms with Crippen molar-refractivity contribution in [3.63, 3.8) is 0 Å². The lowest BCUT2D eigenvalue weighted by Crippen LogP contribution is -2.02. The van der Waals surface area contributed by atoms with Crippen molar-refractivity contribution in [2.24, 2.45) is 0 Å². The molecule has 84 valence electrons. The van der Waals surface area contributed by atoms with Gasteiger partial charge in [-0.25, -0.2) is 9.78 Å². The molecule has 0 aromatic carbocycles. The fraction of sp³-hybridized carbons (Fsp3) is 0. The van der Waals surface area contributed by atoms with Crippen molar-refractivity contribution in [3.8, 4) is 10.6 Å². The highest BCUT2D eigenvalue weighted by Crippen LogP contribution is 2.28. The fourth-order valence-electron chi connectivity index (χ4n) is 1.78. The molecule has 3 aromatic rings. The van der Waals surface area contributed by atoms with Crippen LogP contribution in [0.4, 0.5) is 0 Å². The summed E-state index contributed by atoms with van der Waals surface area (Å²) in [6, 6.07) is 9.40. The molecule has 0 radical (unpaired) electrons. The molecule has 3 rings (SSSR count). The molecule has 17 heavy (non-hydrogen) atoms. The number of hydrogen-bond donors (Lipinski definition) is 1. The number of aromatic nitrogens is 2. The van der Waals surface area contributed by atoms with E-state index >= 15 is 0 Å². The summed E-state index contributed by atoms with van der Waals surface area (Å²) >= 11 is 1.55. The summed E-state index contributed by atoms with van der Waals surface area (Å²) in [7, 11) is 0. The van der Waals surface area contributed by atoms with Crippen LogP contribution < -0.4 is 0 Å². The molecule has 0 bridgehead atoms. The first kappa shape index (κ1) is 10.0. The van der Waals surface area contributed by atoms with Gasteiger partial charge in [-0.2, -0.15) is 0 Å². The van der Waals surface area contributed by atoms with Gasteiger partial charge in [0.05, 0.1) is 10.4 Å². The Morgan fingerprint density at radius 1 is 1.29 bits per heavy atom. The summed E-state index contributed by atoms with van der Waals surface area (Å²) in [6.07, 6.45) is 1.71. The maximum absolute atomic E-state index is 11.1. The van der Waals surface area contributed by atoms with Crippen LogP contribution in [-0.4, -0.2) is 20.5 Å². The van der Waals surface area contributed by atoms with E-state index in [4.69, 9.17) is 5.11 Å². The molecular formula is C12H8N2O2S. The minimum atomic E-state index is -1.02. The summed E-state index contributed by atoms with van der Waals surface area (Å²) in [5.74, 6) is -0.974. The number of thiophene rings is 1. The second-order valence-corrected chi connectivity index (χ2v) is 4.47. The summed E-state index contributed by atoms with van der Waals surface area (Å²) < 4.78 is 1.59. The summed E-state index contributed by atoms with van der Waals surface area (Å²) in [4.78, 5) is 16.3. The van der Waals surface area contributed by atoms with E-state index in [1.807, 2.05) is 29.6 Å². The summed E-state index contributed by atoms with van der Waals surface area (Å²) in [6.45, 7) is 0. The van der Waals surface area contributed by atoms with Crippen LogP contribution in [0.1, 0.15) is 10.6 Å². The molecule has 1 N–H and O–H groups in total. The van der Waals surface area contributed by atoms with Crippen LogP contribution in [0, 0.1) is 0 Å². The zero-order chi connectivity index (χ0) is 11.8. The fourth-order valence-corrected chi connectivity index (χ4v) is 2.51. The predicted octanol–water partition coefficient (Wildman–Crippen LogP) is 2.76. The van der Waals surface area contributed by atoms with E-state index in [1.165, 1.54) is 0 Å². The molecule has 0 fully saturated rings. The Labute approximate surface area is 101 Å². The standard InChI is InChI=1S/C12H8N2O2S/c15-12(16)11-13-10(9-5-3-7-17-9)8-4-1-2-6-14(8)11/h1-7H,(H,15,16). The smallest absolute Gasteiger partial charge is 0.372 e. The Morgan fingerprint density at radius 2 is 2.18 bits per heavy atom. The van der Waals surface area contributed by atoms with E-state index in [2.05, 4.69) is 4.98 Å². The maximum atomic E-state index is 11.1. The van der Waals surface area contributed by atoms with Gasteiger partial charge in [0.25, 0.3) is 0 Å². The SMILES string of the molecule is O=C(O)c1nc(-c2cccs2)c2ccccn12. The highest BCUT2D eigenvalue weighted by atomic mass is 32.1. The molecule has 3 heterocycles. The highest BCUT2D eigenvalue weighted by Gasteiger charge is 2.17. The predicted molar refractivity (Wildman–Crippen MR) is 65.5 cm³/mol. The Bertz CT molecular complexity index is 686. The summed E-state index contributed by atoms with van der Waals surface area (Å²) in [5, 5.41) is 11.1. The maximum Gasteiger partial charge on any atom is 0.372 e. The van der Waals surface area contributed by atoms with Gasteiger partial charge in [-0.1, -0.05) is 12.1 Å². The van der Waals surface area contributed by atoms with Gasteiger partial charge in [-0.15, -0.1) is 11.3 Å². The van der Waals surface area contributed by atoms with Gasteiger partial charge in [0, 0.05) is 6.20 Å². The molecule has 0 saturated carbocycles. The van der Waals surface area contributed by atoms with Crippen LogP contribution in [0.5, 0.6) is 0 Å². The molecule has 0 saturated heterocycles. The number of carbonyl (C=O) groups is 1. The Hall–Kier alpha value is -2.14. The van der Waals surface area contributed by atoms with Gasteiger partial charge in [0.2, 0.25) is 5.82 Å². The van der Waals surface area contributed by atoms with E-state index < -0.39 is 5.97 Å². The number of pyridine rings is 1. The van der Waals surface area contributed by atoms with Crippen molar-refractivity contribution < 1.29 is 9.90 Å². The zero-order valence-electron chi connectivity index (χ0n) is 8.70. The second kappa shape index (κ2) is 3.71. The number of rotatable bonds is 2. The normalized spacial score (nSPS) is 10.8. The zero-order valence-corrected chi connectivity index (χ0v) is 9.52. The number of hydrogen-bond acceptors (Lipinski definition) is 3. The number of carboxylic acid groups (broad SMARTS) is 1. The molecule has 3 aromatic heterocycles. The highest BCUT2D eigenvalue weighted by molar-refractivity contribution is 7.13. The molecule has 0 atom stereocenters. The van der Waals surface area contributed by atoms with Gasteiger partial charge in [0.1, 0.15) is 5.69 Å². The number of nitrogens with zero attached hydrogens (tertiary/aromatic N) is 2. The van der Waals surface area contributed by atoms with Crippen LogP contribution in [0.15, 0.2) is 41.9 Å². The quantitative estimate of drug-likeness (QED) is 0.754. The lowest BCUT2D eigenvalue weighted by molar-refractivity contribution is 0.0683. The van der Waals surface area contributed by atoms with E-state index in [9.17, 15) is 4.79 Å². The molecule has 5 heteroatoms. The lowest BCUT2D eigenvalue weighted by Gasteiger charge is -1.95. The monoisotopic (exact) mass is 244 g/mol. The number of carboxylic acids is 1. The van der Waals surface area contributed by atoms with Gasteiger partial charge in [-0.3, -0.25) is 4.40 Å². The number of aromatic carboxylic acids is 1. The second-order valence-electron chi connectivity index (χ2n) is 3.52. The average Bonchev–Trinajstić information content (AvgIpc) is 2.95. The molecule has 0 amide bonds. The first-order valence-corrected chi connectivity index (χ1v) is 5.89. The third kappa shape index (κ3) is 1.52. The van der Waals surface area contributed by atoms with E-state index in [1.54, 1.807) is 28.0 Å². The molecule has 0 aliphatic carbocycles. The van der Waals surface area contributed by atoms with Crippen LogP contribution >= 0.6 is 11.3 Å². The molecule has 4 nitrogen and oxygen atoms in total. The van der Waals surface area contributed by atoms with Gasteiger partial charge < -0.3 is 5.11 Å². The topological polar surface area (TPSA) is 54.6 Å². The third-order valence-corrected chi connectivity index (χ3v) is 3.37. The molecule has 0 unspecified atom stereocenters.